The molecule has 4 nitrogen and oxygen atoms in total. The first-order valence-corrected chi connectivity index (χ1v) is 12.3. The first kappa shape index (κ1) is 25.2. The minimum atomic E-state index is -0.869. The molecule has 1 aliphatic carbocycles. The van der Waals surface area contributed by atoms with Gasteiger partial charge in [-0.15, -0.1) is 11.6 Å². The molecule has 2 aromatic rings. The predicted molar refractivity (Wildman–Crippen MR) is 131 cm³/mol. The van der Waals surface area contributed by atoms with Gasteiger partial charge in [-0.3, -0.25) is 9.59 Å². The first-order chi connectivity index (χ1) is 15.8. The molecule has 0 aliphatic heterocycles. The van der Waals surface area contributed by atoms with E-state index in [1.165, 1.54) is 17.0 Å². The largest absolute Gasteiger partial charge is 0.351 e. The molecular weight excluding hydrogens is 439 g/mol. The van der Waals surface area contributed by atoms with E-state index in [0.717, 1.165) is 30.4 Å². The lowest BCUT2D eigenvalue weighted by molar-refractivity contribution is -0.139. The highest BCUT2D eigenvalue weighted by atomic mass is 35.5. The van der Waals surface area contributed by atoms with Crippen molar-refractivity contribution in [2.75, 3.05) is 12.4 Å². The van der Waals surface area contributed by atoms with Crippen molar-refractivity contribution < 1.29 is 14.0 Å². The molecule has 1 saturated carbocycles. The van der Waals surface area contributed by atoms with E-state index in [4.69, 9.17) is 11.6 Å². The van der Waals surface area contributed by atoms with Crippen LogP contribution in [0.4, 0.5) is 4.39 Å². The van der Waals surface area contributed by atoms with Crippen molar-refractivity contribution in [2.45, 2.75) is 58.5 Å². The number of amides is 2. The molecule has 0 heterocycles. The van der Waals surface area contributed by atoms with Gasteiger partial charge < -0.3 is 10.2 Å². The number of hydrogen-bond donors (Lipinski definition) is 1. The molecule has 0 radical (unpaired) electrons. The third-order valence-corrected chi connectivity index (χ3v) is 7.21. The molecule has 0 spiro atoms. The lowest BCUT2D eigenvalue weighted by atomic mass is 9.78. The van der Waals surface area contributed by atoms with Crippen molar-refractivity contribution in [3.05, 3.63) is 71.0 Å². The number of benzene rings is 2. The van der Waals surface area contributed by atoms with Gasteiger partial charge in [0, 0.05) is 12.6 Å². The normalized spacial score (nSPS) is 21.3. The van der Waals surface area contributed by atoms with Crippen LogP contribution in [0.25, 0.3) is 0 Å². The van der Waals surface area contributed by atoms with Gasteiger partial charge in [0.25, 0.3) is 0 Å². The number of aryl methyl sites for hydroxylation is 1. The molecule has 2 aromatic carbocycles. The highest BCUT2D eigenvalue weighted by Gasteiger charge is 2.35. The third kappa shape index (κ3) is 6.57. The van der Waals surface area contributed by atoms with Crippen LogP contribution < -0.4 is 5.32 Å². The maximum Gasteiger partial charge on any atom is 0.247 e. The number of rotatable bonds is 8. The van der Waals surface area contributed by atoms with Crippen LogP contribution in [0.2, 0.25) is 0 Å². The Labute approximate surface area is 201 Å². The summed E-state index contributed by atoms with van der Waals surface area (Å²) in [5.74, 6) is -0.303. The van der Waals surface area contributed by atoms with Gasteiger partial charge in [-0.25, -0.2) is 4.39 Å². The minimum absolute atomic E-state index is 0.0502. The van der Waals surface area contributed by atoms with Gasteiger partial charge in [0.05, 0.1) is 0 Å². The van der Waals surface area contributed by atoms with Gasteiger partial charge in [-0.05, 0) is 54.9 Å². The monoisotopic (exact) mass is 472 g/mol. The number of carbonyl (C=O) groups excluding carboxylic acids is 2. The molecule has 178 valence electrons. The maximum atomic E-state index is 13.6. The summed E-state index contributed by atoms with van der Waals surface area (Å²) in [4.78, 5) is 28.1. The number of nitrogens with one attached hydrogen (secondary N) is 1. The van der Waals surface area contributed by atoms with Crippen molar-refractivity contribution >= 4 is 23.4 Å². The number of halogens is 2. The maximum absolute atomic E-state index is 13.6. The predicted octanol–water partition coefficient (Wildman–Crippen LogP) is 5.43. The Morgan fingerprint density at radius 1 is 1.09 bits per heavy atom. The van der Waals surface area contributed by atoms with Crippen LogP contribution in [0.5, 0.6) is 0 Å². The zero-order valence-electron chi connectivity index (χ0n) is 19.7. The molecule has 4 atom stereocenters. The SMILES string of the molecule is Cc1ccc(CCN(C(=O)CCl)[C@H](C(=O)N[C@@H]2CCC[C@H](C)[C@H]2C)c2ccc(F)cc2)cc1. The number of nitrogens with zero attached hydrogens (tertiary/aromatic N) is 1. The molecule has 33 heavy (non-hydrogen) atoms. The van der Waals surface area contributed by atoms with Gasteiger partial charge in [0.15, 0.2) is 0 Å². The van der Waals surface area contributed by atoms with E-state index >= 15 is 0 Å². The summed E-state index contributed by atoms with van der Waals surface area (Å²) in [5.41, 5.74) is 2.81. The standard InChI is InChI=1S/C27H34ClFN2O2/c1-18-7-9-21(10-8-18)15-16-31(25(32)17-28)26(22-11-13-23(29)14-12-22)27(33)30-24-6-4-5-19(2)20(24)3/h7-14,19-20,24,26H,4-6,15-17H2,1-3H3,(H,30,33)/t19-,20+,24+,26-/m0/s1. The lowest BCUT2D eigenvalue weighted by Crippen LogP contribution is -2.50. The summed E-state index contributed by atoms with van der Waals surface area (Å²) in [6, 6.07) is 13.1. The van der Waals surface area contributed by atoms with Crippen LogP contribution in [0, 0.1) is 24.6 Å². The van der Waals surface area contributed by atoms with E-state index in [9.17, 15) is 14.0 Å². The zero-order valence-corrected chi connectivity index (χ0v) is 20.4. The zero-order chi connectivity index (χ0) is 24.0. The van der Waals surface area contributed by atoms with E-state index in [0.29, 0.717) is 30.4 Å². The second-order valence-corrected chi connectivity index (χ2v) is 9.56. The molecule has 3 rings (SSSR count). The number of alkyl halides is 1. The Kier molecular flexibility index (Phi) is 8.90. The average molecular weight is 473 g/mol. The van der Waals surface area contributed by atoms with Crippen molar-refractivity contribution in [1.29, 1.82) is 0 Å². The van der Waals surface area contributed by atoms with E-state index in [-0.39, 0.29) is 29.6 Å². The van der Waals surface area contributed by atoms with E-state index in [1.54, 1.807) is 12.1 Å². The molecule has 0 aromatic heterocycles. The van der Waals surface area contributed by atoms with Gasteiger partial charge in [-0.1, -0.05) is 68.7 Å². The van der Waals surface area contributed by atoms with Crippen molar-refractivity contribution in [2.24, 2.45) is 11.8 Å². The fourth-order valence-electron chi connectivity index (χ4n) is 4.64. The van der Waals surface area contributed by atoms with E-state index < -0.39 is 6.04 Å². The van der Waals surface area contributed by atoms with E-state index in [1.807, 2.05) is 31.2 Å². The highest BCUT2D eigenvalue weighted by molar-refractivity contribution is 6.27. The summed E-state index contributed by atoms with van der Waals surface area (Å²) >= 11 is 5.96. The van der Waals surface area contributed by atoms with Crippen molar-refractivity contribution in [3.8, 4) is 0 Å². The molecule has 1 fully saturated rings. The smallest absolute Gasteiger partial charge is 0.247 e. The summed E-state index contributed by atoms with van der Waals surface area (Å²) in [6.45, 7) is 6.74. The molecular formula is C27H34ClFN2O2. The van der Waals surface area contributed by atoms with Gasteiger partial charge in [-0.2, -0.15) is 0 Å². The number of carbonyl (C=O) groups is 2. The van der Waals surface area contributed by atoms with Crippen LogP contribution >= 0.6 is 11.6 Å². The lowest BCUT2D eigenvalue weighted by Gasteiger charge is -2.37. The third-order valence-electron chi connectivity index (χ3n) is 6.98. The van der Waals surface area contributed by atoms with Crippen LogP contribution in [-0.2, 0) is 16.0 Å². The molecule has 1 aliphatic rings. The fourth-order valence-corrected chi connectivity index (χ4v) is 4.80. The second-order valence-electron chi connectivity index (χ2n) is 9.29. The van der Waals surface area contributed by atoms with Crippen LogP contribution in [-0.4, -0.2) is 35.2 Å². The van der Waals surface area contributed by atoms with Crippen molar-refractivity contribution in [1.82, 2.24) is 10.2 Å². The Bertz CT molecular complexity index is 932. The molecule has 1 N–H and O–H groups in total. The number of hydrogen-bond acceptors (Lipinski definition) is 2. The summed E-state index contributed by atoms with van der Waals surface area (Å²) < 4.78 is 13.6. The molecule has 0 unspecified atom stereocenters. The average Bonchev–Trinajstić information content (AvgIpc) is 2.81. The Balaban J connectivity index is 1.88. The van der Waals surface area contributed by atoms with Crippen molar-refractivity contribution in [3.63, 3.8) is 0 Å². The van der Waals surface area contributed by atoms with Crippen LogP contribution in [0.3, 0.4) is 0 Å². The minimum Gasteiger partial charge on any atom is -0.351 e. The quantitative estimate of drug-likeness (QED) is 0.521. The molecule has 0 bridgehead atoms. The van der Waals surface area contributed by atoms with Gasteiger partial charge >= 0.3 is 0 Å². The van der Waals surface area contributed by atoms with Gasteiger partial charge in [0.2, 0.25) is 11.8 Å². The molecule has 6 heteroatoms. The van der Waals surface area contributed by atoms with E-state index in [2.05, 4.69) is 19.2 Å². The summed E-state index contributed by atoms with van der Waals surface area (Å²) in [7, 11) is 0. The van der Waals surface area contributed by atoms with Gasteiger partial charge in [0.1, 0.15) is 17.7 Å². The molecule has 2 amide bonds. The van der Waals surface area contributed by atoms with Crippen LogP contribution in [0.15, 0.2) is 48.5 Å². The van der Waals surface area contributed by atoms with Crippen LogP contribution in [0.1, 0.15) is 55.8 Å². The topological polar surface area (TPSA) is 49.4 Å². The highest BCUT2D eigenvalue weighted by Crippen LogP contribution is 2.31. The molecule has 0 saturated heterocycles. The summed E-state index contributed by atoms with van der Waals surface area (Å²) in [6.07, 6.45) is 3.72. The summed E-state index contributed by atoms with van der Waals surface area (Å²) in [5, 5.41) is 3.21. The fraction of sp³-hybridized carbons (Fsp3) is 0.481. The Hall–Kier alpha value is -2.40. The Morgan fingerprint density at radius 2 is 1.76 bits per heavy atom. The Morgan fingerprint density at radius 3 is 2.39 bits per heavy atom. The second kappa shape index (κ2) is 11.6. The first-order valence-electron chi connectivity index (χ1n) is 11.8.